The van der Waals surface area contributed by atoms with Crippen molar-refractivity contribution in [3.8, 4) is 0 Å². The largest absolute Gasteiger partial charge is 0.271 e. The van der Waals surface area contributed by atoms with Gasteiger partial charge in [0.2, 0.25) is 0 Å². The van der Waals surface area contributed by atoms with Gasteiger partial charge in [-0.05, 0) is 43.1 Å². The van der Waals surface area contributed by atoms with E-state index < -0.39 is 0 Å². The summed E-state index contributed by atoms with van der Waals surface area (Å²) in [4.78, 5) is 8.28. The average Bonchev–Trinajstić information content (AvgIpc) is 2.30. The molecule has 3 atom stereocenters. The molecule has 1 aliphatic rings. The van der Waals surface area contributed by atoms with Crippen LogP contribution in [-0.4, -0.2) is 9.97 Å². The van der Waals surface area contributed by atoms with E-state index in [1.165, 1.54) is 19.3 Å². The van der Waals surface area contributed by atoms with Crippen molar-refractivity contribution >= 4 is 0 Å². The lowest BCUT2D eigenvalue weighted by atomic mass is 9.73. The standard InChI is InChI=1S/C13H22N4/c1-9-5-10(2)7-11(6-9)13(17-14)12-3-4-15-8-16-12/h3-4,8-11,13,17H,5-7,14H2,1-2H3. The van der Waals surface area contributed by atoms with Crippen molar-refractivity contribution in [2.75, 3.05) is 0 Å². The fraction of sp³-hybridized carbons (Fsp3) is 0.692. The summed E-state index contributed by atoms with van der Waals surface area (Å²) in [6, 6.07) is 2.11. The minimum atomic E-state index is 0.156. The number of nitrogens with zero attached hydrogens (tertiary/aromatic N) is 2. The first-order chi connectivity index (χ1) is 8.20. The van der Waals surface area contributed by atoms with Crippen molar-refractivity contribution in [1.82, 2.24) is 15.4 Å². The van der Waals surface area contributed by atoms with Crippen LogP contribution in [0, 0.1) is 17.8 Å². The second-order valence-corrected chi connectivity index (χ2v) is 5.46. The maximum absolute atomic E-state index is 5.72. The summed E-state index contributed by atoms with van der Waals surface area (Å²) < 4.78 is 0. The van der Waals surface area contributed by atoms with Gasteiger partial charge in [-0.15, -0.1) is 0 Å². The quantitative estimate of drug-likeness (QED) is 0.620. The third kappa shape index (κ3) is 3.01. The fourth-order valence-corrected chi connectivity index (χ4v) is 3.23. The first-order valence-electron chi connectivity index (χ1n) is 6.42. The molecule has 0 bridgehead atoms. The Balaban J connectivity index is 2.13. The van der Waals surface area contributed by atoms with Crippen LogP contribution >= 0.6 is 0 Å². The number of rotatable bonds is 3. The Morgan fingerprint density at radius 3 is 2.53 bits per heavy atom. The van der Waals surface area contributed by atoms with Gasteiger partial charge in [-0.25, -0.2) is 9.97 Å². The van der Waals surface area contributed by atoms with Crippen LogP contribution in [0.4, 0.5) is 0 Å². The molecule has 17 heavy (non-hydrogen) atoms. The number of nitrogens with two attached hydrogens (primary N) is 1. The molecule has 4 heteroatoms. The van der Waals surface area contributed by atoms with Crippen molar-refractivity contribution in [2.24, 2.45) is 23.6 Å². The molecule has 1 aliphatic carbocycles. The molecule has 0 spiro atoms. The molecule has 1 fully saturated rings. The normalized spacial score (nSPS) is 31.1. The fourth-order valence-electron chi connectivity index (χ4n) is 3.23. The molecule has 1 heterocycles. The van der Waals surface area contributed by atoms with E-state index in [9.17, 15) is 0 Å². The van der Waals surface area contributed by atoms with E-state index in [4.69, 9.17) is 5.84 Å². The van der Waals surface area contributed by atoms with E-state index in [2.05, 4.69) is 29.2 Å². The Kier molecular flexibility index (Phi) is 4.07. The molecule has 4 nitrogen and oxygen atoms in total. The minimum absolute atomic E-state index is 0.156. The van der Waals surface area contributed by atoms with Crippen molar-refractivity contribution in [3.63, 3.8) is 0 Å². The predicted molar refractivity (Wildman–Crippen MR) is 67.8 cm³/mol. The first kappa shape index (κ1) is 12.5. The Bertz CT molecular complexity index is 331. The Labute approximate surface area is 103 Å². The van der Waals surface area contributed by atoms with Crippen LogP contribution < -0.4 is 11.3 Å². The Morgan fingerprint density at radius 1 is 1.29 bits per heavy atom. The second kappa shape index (κ2) is 5.56. The van der Waals surface area contributed by atoms with Crippen molar-refractivity contribution in [2.45, 2.75) is 39.2 Å². The summed E-state index contributed by atoms with van der Waals surface area (Å²) in [7, 11) is 0. The smallest absolute Gasteiger partial charge is 0.115 e. The summed E-state index contributed by atoms with van der Waals surface area (Å²) in [5.41, 5.74) is 3.95. The van der Waals surface area contributed by atoms with Crippen LogP contribution in [0.5, 0.6) is 0 Å². The SMILES string of the molecule is CC1CC(C)CC(C(NN)c2ccncn2)C1. The molecular formula is C13H22N4. The summed E-state index contributed by atoms with van der Waals surface area (Å²) in [6.45, 7) is 4.66. The highest BCUT2D eigenvalue weighted by Gasteiger charge is 2.30. The van der Waals surface area contributed by atoms with Gasteiger partial charge in [0.1, 0.15) is 6.33 Å². The zero-order chi connectivity index (χ0) is 12.3. The van der Waals surface area contributed by atoms with E-state index in [0.29, 0.717) is 5.92 Å². The summed E-state index contributed by atoms with van der Waals surface area (Å²) in [5.74, 6) is 7.85. The molecule has 0 aromatic carbocycles. The van der Waals surface area contributed by atoms with Crippen molar-refractivity contribution in [1.29, 1.82) is 0 Å². The van der Waals surface area contributed by atoms with E-state index in [0.717, 1.165) is 17.5 Å². The highest BCUT2D eigenvalue weighted by molar-refractivity contribution is 5.06. The molecule has 0 amide bonds. The third-order valence-corrected chi connectivity index (χ3v) is 3.79. The highest BCUT2D eigenvalue weighted by Crippen LogP contribution is 2.38. The van der Waals surface area contributed by atoms with Crippen molar-refractivity contribution < 1.29 is 0 Å². The van der Waals surface area contributed by atoms with Crippen LogP contribution in [0.15, 0.2) is 18.6 Å². The molecule has 94 valence electrons. The number of hydrogen-bond acceptors (Lipinski definition) is 4. The maximum atomic E-state index is 5.72. The number of nitrogens with one attached hydrogen (secondary N) is 1. The van der Waals surface area contributed by atoms with Gasteiger partial charge in [-0.3, -0.25) is 11.3 Å². The lowest BCUT2D eigenvalue weighted by Gasteiger charge is -2.35. The van der Waals surface area contributed by atoms with Crippen LogP contribution in [0.25, 0.3) is 0 Å². The summed E-state index contributed by atoms with van der Waals surface area (Å²) >= 11 is 0. The topological polar surface area (TPSA) is 63.8 Å². The maximum Gasteiger partial charge on any atom is 0.115 e. The Morgan fingerprint density at radius 2 is 2.00 bits per heavy atom. The van der Waals surface area contributed by atoms with E-state index in [1.807, 2.05) is 6.07 Å². The van der Waals surface area contributed by atoms with Gasteiger partial charge < -0.3 is 0 Å². The van der Waals surface area contributed by atoms with Gasteiger partial charge in [-0.1, -0.05) is 13.8 Å². The molecule has 1 aromatic rings. The van der Waals surface area contributed by atoms with Gasteiger partial charge >= 0.3 is 0 Å². The average molecular weight is 234 g/mol. The summed E-state index contributed by atoms with van der Waals surface area (Å²) in [6.07, 6.45) is 7.15. The molecule has 0 aliphatic heterocycles. The van der Waals surface area contributed by atoms with Gasteiger partial charge in [0.05, 0.1) is 11.7 Å². The molecule has 0 radical (unpaired) electrons. The number of aromatic nitrogens is 2. The van der Waals surface area contributed by atoms with Gasteiger partial charge in [0, 0.05) is 6.20 Å². The lowest BCUT2D eigenvalue weighted by molar-refractivity contribution is 0.175. The van der Waals surface area contributed by atoms with Crippen molar-refractivity contribution in [3.05, 3.63) is 24.3 Å². The van der Waals surface area contributed by atoms with Crippen LogP contribution in [0.2, 0.25) is 0 Å². The molecule has 2 rings (SSSR count). The van der Waals surface area contributed by atoms with E-state index in [-0.39, 0.29) is 6.04 Å². The van der Waals surface area contributed by atoms with E-state index in [1.54, 1.807) is 12.5 Å². The van der Waals surface area contributed by atoms with E-state index >= 15 is 0 Å². The molecule has 1 aromatic heterocycles. The lowest BCUT2D eigenvalue weighted by Crippen LogP contribution is -2.37. The van der Waals surface area contributed by atoms with Crippen LogP contribution in [-0.2, 0) is 0 Å². The summed E-state index contributed by atoms with van der Waals surface area (Å²) in [5, 5.41) is 0. The number of hydrogen-bond donors (Lipinski definition) is 2. The Hall–Kier alpha value is -1.00. The molecule has 3 N–H and O–H groups in total. The zero-order valence-corrected chi connectivity index (χ0v) is 10.6. The highest BCUT2D eigenvalue weighted by atomic mass is 15.2. The van der Waals surface area contributed by atoms with Crippen LogP contribution in [0.3, 0.4) is 0 Å². The molecule has 1 saturated carbocycles. The minimum Gasteiger partial charge on any atom is -0.271 e. The predicted octanol–water partition coefficient (Wildman–Crippen LogP) is 2.05. The molecular weight excluding hydrogens is 212 g/mol. The van der Waals surface area contributed by atoms with Gasteiger partial charge in [-0.2, -0.15) is 0 Å². The van der Waals surface area contributed by atoms with Gasteiger partial charge in [0.15, 0.2) is 0 Å². The zero-order valence-electron chi connectivity index (χ0n) is 10.6. The monoisotopic (exact) mass is 234 g/mol. The third-order valence-electron chi connectivity index (χ3n) is 3.79. The second-order valence-electron chi connectivity index (χ2n) is 5.46. The van der Waals surface area contributed by atoms with Crippen LogP contribution in [0.1, 0.15) is 44.8 Å². The first-order valence-corrected chi connectivity index (χ1v) is 6.42. The van der Waals surface area contributed by atoms with Gasteiger partial charge in [0.25, 0.3) is 0 Å². The molecule has 0 saturated heterocycles. The number of hydrazine groups is 1. The molecule has 3 unspecified atom stereocenters.